The number of aryl methyl sites for hydroxylation is 1. The largest absolute Gasteiger partial charge is 0.497 e. The summed E-state index contributed by atoms with van der Waals surface area (Å²) < 4.78 is 5.18. The number of nitrogens with zero attached hydrogens (tertiary/aromatic N) is 1. The smallest absolute Gasteiger partial charge is 0.191 e. The van der Waals surface area contributed by atoms with Crippen LogP contribution in [0, 0.1) is 0 Å². The van der Waals surface area contributed by atoms with Crippen molar-refractivity contribution in [2.45, 2.75) is 32.4 Å². The summed E-state index contributed by atoms with van der Waals surface area (Å²) in [6.07, 6.45) is 2.12. The lowest BCUT2D eigenvalue weighted by molar-refractivity contribution is 0.414. The molecule has 4 nitrogen and oxygen atoms in total. The van der Waals surface area contributed by atoms with E-state index in [0.717, 1.165) is 31.1 Å². The Balaban J connectivity index is 0.00000312. The molecule has 0 fully saturated rings. The maximum Gasteiger partial charge on any atom is 0.191 e. The van der Waals surface area contributed by atoms with Crippen LogP contribution >= 0.6 is 24.0 Å². The highest BCUT2D eigenvalue weighted by molar-refractivity contribution is 14.0. The molecule has 0 spiro atoms. The Kier molecular flexibility index (Phi) is 9.99. The lowest BCUT2D eigenvalue weighted by Gasteiger charge is -2.18. The first-order valence-electron chi connectivity index (χ1n) is 8.35. The molecule has 1 atom stereocenters. The van der Waals surface area contributed by atoms with Crippen LogP contribution in [-0.2, 0) is 13.0 Å². The molecule has 1 unspecified atom stereocenters. The Bertz CT molecular complexity index is 629. The monoisotopic (exact) mass is 453 g/mol. The number of benzene rings is 2. The van der Waals surface area contributed by atoms with Gasteiger partial charge in [0.15, 0.2) is 5.96 Å². The highest BCUT2D eigenvalue weighted by atomic mass is 127. The summed E-state index contributed by atoms with van der Waals surface area (Å²) in [6.45, 7) is 2.91. The Hall–Kier alpha value is -1.76. The van der Waals surface area contributed by atoms with Crippen LogP contribution in [0.2, 0.25) is 0 Å². The average molecular weight is 453 g/mol. The zero-order chi connectivity index (χ0) is 17.2. The van der Waals surface area contributed by atoms with E-state index < -0.39 is 0 Å². The molecule has 0 aliphatic rings. The van der Waals surface area contributed by atoms with Crippen LogP contribution in [0.1, 0.15) is 24.5 Å². The molecule has 2 aromatic rings. The van der Waals surface area contributed by atoms with Gasteiger partial charge in [-0.15, -0.1) is 24.0 Å². The van der Waals surface area contributed by atoms with Crippen LogP contribution in [0.3, 0.4) is 0 Å². The number of nitrogens with one attached hydrogen (secondary N) is 2. The fourth-order valence-corrected chi connectivity index (χ4v) is 2.46. The molecule has 2 aromatic carbocycles. The van der Waals surface area contributed by atoms with E-state index in [-0.39, 0.29) is 24.0 Å². The van der Waals surface area contributed by atoms with E-state index in [1.807, 2.05) is 12.1 Å². The average Bonchev–Trinajstić information content (AvgIpc) is 2.64. The molecule has 0 radical (unpaired) electrons. The second kappa shape index (κ2) is 11.7. The van der Waals surface area contributed by atoms with Crippen molar-refractivity contribution in [2.24, 2.45) is 4.99 Å². The molecule has 0 saturated carbocycles. The second-order valence-electron chi connectivity index (χ2n) is 5.84. The van der Waals surface area contributed by atoms with Gasteiger partial charge in [0.1, 0.15) is 5.75 Å². The number of halogens is 1. The maximum absolute atomic E-state index is 5.18. The highest BCUT2D eigenvalue weighted by Crippen LogP contribution is 2.11. The summed E-state index contributed by atoms with van der Waals surface area (Å²) in [5.41, 5.74) is 2.56. The Morgan fingerprint density at radius 3 is 2.32 bits per heavy atom. The first kappa shape index (κ1) is 21.3. The van der Waals surface area contributed by atoms with Crippen LogP contribution in [0.5, 0.6) is 5.75 Å². The van der Waals surface area contributed by atoms with Gasteiger partial charge in [0, 0.05) is 19.6 Å². The van der Waals surface area contributed by atoms with Crippen LogP contribution in [0.15, 0.2) is 59.6 Å². The minimum atomic E-state index is 0. The van der Waals surface area contributed by atoms with Gasteiger partial charge in [-0.1, -0.05) is 42.5 Å². The van der Waals surface area contributed by atoms with Gasteiger partial charge in [0.2, 0.25) is 0 Å². The van der Waals surface area contributed by atoms with Crippen molar-refractivity contribution < 1.29 is 4.74 Å². The SMILES string of the molecule is CN=C(NCc1ccc(OC)cc1)NC(C)CCc1ccccc1.I. The van der Waals surface area contributed by atoms with Gasteiger partial charge in [-0.2, -0.15) is 0 Å². The maximum atomic E-state index is 5.18. The van der Waals surface area contributed by atoms with E-state index in [9.17, 15) is 0 Å². The van der Waals surface area contributed by atoms with E-state index >= 15 is 0 Å². The number of rotatable bonds is 7. The minimum Gasteiger partial charge on any atom is -0.497 e. The predicted octanol–water partition coefficient (Wildman–Crippen LogP) is 4.00. The lowest BCUT2D eigenvalue weighted by Crippen LogP contribution is -2.42. The molecule has 0 bridgehead atoms. The van der Waals surface area contributed by atoms with Crippen molar-refractivity contribution >= 4 is 29.9 Å². The van der Waals surface area contributed by atoms with Gasteiger partial charge in [0.25, 0.3) is 0 Å². The van der Waals surface area contributed by atoms with Crippen LogP contribution in [0.25, 0.3) is 0 Å². The summed E-state index contributed by atoms with van der Waals surface area (Å²) >= 11 is 0. The topological polar surface area (TPSA) is 45.7 Å². The minimum absolute atomic E-state index is 0. The third-order valence-corrected chi connectivity index (χ3v) is 3.93. The van der Waals surface area contributed by atoms with Gasteiger partial charge >= 0.3 is 0 Å². The zero-order valence-electron chi connectivity index (χ0n) is 15.2. The van der Waals surface area contributed by atoms with E-state index in [2.05, 4.69) is 65.0 Å². The summed E-state index contributed by atoms with van der Waals surface area (Å²) in [5, 5.41) is 6.79. The van der Waals surface area contributed by atoms with Crippen molar-refractivity contribution in [2.75, 3.05) is 14.2 Å². The summed E-state index contributed by atoms with van der Waals surface area (Å²) in [4.78, 5) is 4.30. The van der Waals surface area contributed by atoms with E-state index in [1.54, 1.807) is 14.2 Å². The van der Waals surface area contributed by atoms with Gasteiger partial charge in [-0.3, -0.25) is 4.99 Å². The molecule has 0 saturated heterocycles. The fraction of sp³-hybridized carbons (Fsp3) is 0.350. The molecule has 0 aromatic heterocycles. The zero-order valence-corrected chi connectivity index (χ0v) is 17.5. The molecule has 136 valence electrons. The normalized spacial score (nSPS) is 12.0. The number of hydrogen-bond acceptors (Lipinski definition) is 2. The lowest BCUT2D eigenvalue weighted by atomic mass is 10.1. The molecular weight excluding hydrogens is 425 g/mol. The molecule has 2 rings (SSSR count). The third-order valence-electron chi connectivity index (χ3n) is 3.93. The van der Waals surface area contributed by atoms with E-state index in [0.29, 0.717) is 6.04 Å². The van der Waals surface area contributed by atoms with Crippen LogP contribution < -0.4 is 15.4 Å². The van der Waals surface area contributed by atoms with Gasteiger partial charge < -0.3 is 15.4 Å². The molecule has 2 N–H and O–H groups in total. The quantitative estimate of drug-likeness (QED) is 0.379. The predicted molar refractivity (Wildman–Crippen MR) is 116 cm³/mol. The first-order valence-corrected chi connectivity index (χ1v) is 8.35. The number of aliphatic imine (C=N–C) groups is 1. The summed E-state index contributed by atoms with van der Waals surface area (Å²) in [7, 11) is 3.48. The van der Waals surface area contributed by atoms with Crippen molar-refractivity contribution in [1.82, 2.24) is 10.6 Å². The molecule has 0 aliphatic carbocycles. The van der Waals surface area contributed by atoms with Gasteiger partial charge in [-0.05, 0) is 43.0 Å². The summed E-state index contributed by atoms with van der Waals surface area (Å²) in [5.74, 6) is 1.70. The Morgan fingerprint density at radius 2 is 1.72 bits per heavy atom. The van der Waals surface area contributed by atoms with Gasteiger partial charge in [-0.25, -0.2) is 0 Å². The molecular formula is C20H28IN3O. The van der Waals surface area contributed by atoms with Crippen LogP contribution in [-0.4, -0.2) is 26.2 Å². The molecule has 0 amide bonds. The molecule has 5 heteroatoms. The van der Waals surface area contributed by atoms with Crippen molar-refractivity contribution in [3.8, 4) is 5.75 Å². The number of guanidine groups is 1. The Labute approximate surface area is 168 Å². The van der Waals surface area contributed by atoms with Crippen molar-refractivity contribution in [3.05, 3.63) is 65.7 Å². The summed E-state index contributed by atoms with van der Waals surface area (Å²) in [6, 6.07) is 19.0. The van der Waals surface area contributed by atoms with E-state index in [4.69, 9.17) is 4.74 Å². The standard InChI is InChI=1S/C20H27N3O.HI/c1-16(9-10-17-7-5-4-6-8-17)23-20(21-2)22-15-18-11-13-19(24-3)14-12-18;/h4-8,11-14,16H,9-10,15H2,1-3H3,(H2,21,22,23);1H. The number of methoxy groups -OCH3 is 1. The molecule has 25 heavy (non-hydrogen) atoms. The second-order valence-corrected chi connectivity index (χ2v) is 5.84. The molecule has 0 heterocycles. The van der Waals surface area contributed by atoms with Crippen molar-refractivity contribution in [1.29, 1.82) is 0 Å². The highest BCUT2D eigenvalue weighted by Gasteiger charge is 2.06. The van der Waals surface area contributed by atoms with E-state index in [1.165, 1.54) is 11.1 Å². The third kappa shape index (κ3) is 7.77. The Morgan fingerprint density at radius 1 is 1.04 bits per heavy atom. The van der Waals surface area contributed by atoms with Gasteiger partial charge in [0.05, 0.1) is 7.11 Å². The fourth-order valence-electron chi connectivity index (χ4n) is 2.46. The molecule has 0 aliphatic heterocycles. The van der Waals surface area contributed by atoms with Crippen LogP contribution in [0.4, 0.5) is 0 Å². The first-order chi connectivity index (χ1) is 11.7. The number of hydrogen-bond donors (Lipinski definition) is 2. The van der Waals surface area contributed by atoms with Crippen molar-refractivity contribution in [3.63, 3.8) is 0 Å². The number of ether oxygens (including phenoxy) is 1.